The van der Waals surface area contributed by atoms with Crippen LogP contribution in [0.1, 0.15) is 5.69 Å². The maximum absolute atomic E-state index is 9.62. The maximum Gasteiger partial charge on any atom is 0.116 e. The lowest BCUT2D eigenvalue weighted by molar-refractivity contribution is 0.0647. The van der Waals surface area contributed by atoms with E-state index in [-0.39, 0.29) is 0 Å². The Hall–Kier alpha value is -1.04. The number of rotatable bonds is 4. The van der Waals surface area contributed by atoms with E-state index in [1.54, 1.807) is 18.4 Å². The molecule has 2 aromatic rings. The van der Waals surface area contributed by atoms with E-state index in [4.69, 9.17) is 4.74 Å². The van der Waals surface area contributed by atoms with E-state index in [0.29, 0.717) is 13.0 Å². The molecule has 0 saturated carbocycles. The molecule has 80 valence electrons. The normalized spacial score (nSPS) is 13.2. The summed E-state index contributed by atoms with van der Waals surface area (Å²) in [6.07, 6.45) is 1.53. The molecule has 5 heteroatoms. The van der Waals surface area contributed by atoms with Gasteiger partial charge in [-0.2, -0.15) is 0 Å². The van der Waals surface area contributed by atoms with Crippen molar-refractivity contribution in [2.24, 2.45) is 0 Å². The molecule has 0 bridgehead atoms. The first-order valence-electron chi connectivity index (χ1n) is 4.65. The van der Waals surface area contributed by atoms with Crippen LogP contribution < -0.4 is 0 Å². The summed E-state index contributed by atoms with van der Waals surface area (Å²) in [5.74, 6) is 0. The van der Waals surface area contributed by atoms with Crippen molar-refractivity contribution in [2.75, 3.05) is 13.7 Å². The third kappa shape index (κ3) is 2.31. The molecule has 2 aromatic heterocycles. The van der Waals surface area contributed by atoms with E-state index in [1.165, 1.54) is 6.33 Å². The number of aliphatic hydroxyl groups is 1. The molecule has 1 N–H and O–H groups in total. The topological polar surface area (TPSA) is 55.2 Å². The number of aliphatic hydroxyl groups excluding tert-OH is 1. The molecule has 4 nitrogen and oxygen atoms in total. The van der Waals surface area contributed by atoms with Crippen LogP contribution >= 0.6 is 11.3 Å². The summed E-state index contributed by atoms with van der Waals surface area (Å²) in [5.41, 5.74) is 1.83. The number of ether oxygens (including phenoxy) is 1. The minimum Gasteiger partial charge on any atom is -0.390 e. The average molecular weight is 224 g/mol. The van der Waals surface area contributed by atoms with E-state index in [2.05, 4.69) is 9.97 Å². The Morgan fingerprint density at radius 2 is 2.40 bits per heavy atom. The minimum atomic E-state index is -0.504. The molecule has 0 amide bonds. The largest absolute Gasteiger partial charge is 0.390 e. The fourth-order valence-corrected chi connectivity index (χ4v) is 2.31. The molecule has 0 spiro atoms. The predicted octanol–water partition coefficient (Wildman–Crippen LogP) is 1.24. The number of fused-ring (bicyclic) bond motifs is 1. The van der Waals surface area contributed by atoms with Crippen molar-refractivity contribution in [3.8, 4) is 0 Å². The van der Waals surface area contributed by atoms with Crippen molar-refractivity contribution < 1.29 is 9.84 Å². The third-order valence-corrected chi connectivity index (χ3v) is 3.06. The van der Waals surface area contributed by atoms with Gasteiger partial charge in [0.25, 0.3) is 0 Å². The first kappa shape index (κ1) is 10.5. The Morgan fingerprint density at radius 3 is 3.20 bits per heavy atom. The van der Waals surface area contributed by atoms with Gasteiger partial charge in [-0.3, -0.25) is 0 Å². The fraction of sp³-hybridized carbons (Fsp3) is 0.400. The second-order valence-electron chi connectivity index (χ2n) is 3.27. The zero-order valence-electron chi connectivity index (χ0n) is 8.38. The van der Waals surface area contributed by atoms with E-state index in [1.807, 2.05) is 11.4 Å². The number of hydrogen-bond donors (Lipinski definition) is 1. The highest BCUT2D eigenvalue weighted by Gasteiger charge is 2.10. The number of nitrogens with zero attached hydrogens (tertiary/aromatic N) is 2. The summed E-state index contributed by atoms with van der Waals surface area (Å²) in [7, 11) is 1.57. The molecule has 0 aliphatic heterocycles. The summed E-state index contributed by atoms with van der Waals surface area (Å²) in [4.78, 5) is 8.33. The highest BCUT2D eigenvalue weighted by atomic mass is 32.1. The zero-order chi connectivity index (χ0) is 10.7. The minimum absolute atomic E-state index is 0.330. The van der Waals surface area contributed by atoms with Crippen LogP contribution in [0.15, 0.2) is 17.8 Å². The Morgan fingerprint density at radius 1 is 1.53 bits per heavy atom. The molecule has 0 aromatic carbocycles. The zero-order valence-corrected chi connectivity index (χ0v) is 9.20. The molecule has 15 heavy (non-hydrogen) atoms. The molecular formula is C10H12N2O2S. The van der Waals surface area contributed by atoms with Gasteiger partial charge in [-0.1, -0.05) is 0 Å². The average Bonchev–Trinajstić information content (AvgIpc) is 2.67. The van der Waals surface area contributed by atoms with Gasteiger partial charge in [-0.05, 0) is 11.4 Å². The Kier molecular flexibility index (Phi) is 3.25. The van der Waals surface area contributed by atoms with Crippen LogP contribution in [-0.2, 0) is 11.2 Å². The molecule has 0 fully saturated rings. The lowest BCUT2D eigenvalue weighted by Gasteiger charge is -2.08. The second kappa shape index (κ2) is 4.65. The molecule has 2 rings (SSSR count). The number of aromatic nitrogens is 2. The highest BCUT2D eigenvalue weighted by Crippen LogP contribution is 2.21. The highest BCUT2D eigenvalue weighted by molar-refractivity contribution is 7.17. The van der Waals surface area contributed by atoms with Crippen molar-refractivity contribution in [1.29, 1.82) is 0 Å². The molecule has 0 aliphatic rings. The smallest absolute Gasteiger partial charge is 0.116 e. The third-order valence-electron chi connectivity index (χ3n) is 2.10. The van der Waals surface area contributed by atoms with Crippen LogP contribution in [-0.4, -0.2) is 34.9 Å². The quantitative estimate of drug-likeness (QED) is 0.849. The van der Waals surface area contributed by atoms with Gasteiger partial charge >= 0.3 is 0 Å². The number of hydrogen-bond acceptors (Lipinski definition) is 5. The summed E-state index contributed by atoms with van der Waals surface area (Å²) < 4.78 is 5.93. The molecule has 1 unspecified atom stereocenters. The Labute approximate surface area is 91.6 Å². The van der Waals surface area contributed by atoms with Gasteiger partial charge in [0.2, 0.25) is 0 Å². The number of thiophene rings is 1. The van der Waals surface area contributed by atoms with Crippen LogP contribution in [0.3, 0.4) is 0 Å². The van der Waals surface area contributed by atoms with Crippen molar-refractivity contribution >= 4 is 21.6 Å². The van der Waals surface area contributed by atoms with Crippen LogP contribution in [0.2, 0.25) is 0 Å². The molecule has 0 saturated heterocycles. The van der Waals surface area contributed by atoms with Gasteiger partial charge in [-0.15, -0.1) is 11.3 Å². The fourth-order valence-electron chi connectivity index (χ4n) is 1.46. The lowest BCUT2D eigenvalue weighted by Crippen LogP contribution is -2.17. The Balaban J connectivity index is 2.23. The lowest BCUT2D eigenvalue weighted by atomic mass is 10.2. The molecule has 2 heterocycles. The van der Waals surface area contributed by atoms with Crippen molar-refractivity contribution in [3.63, 3.8) is 0 Å². The van der Waals surface area contributed by atoms with Gasteiger partial charge in [0, 0.05) is 13.5 Å². The van der Waals surface area contributed by atoms with Gasteiger partial charge in [0.15, 0.2) is 0 Å². The first-order chi connectivity index (χ1) is 7.31. The van der Waals surface area contributed by atoms with Gasteiger partial charge in [0.05, 0.1) is 28.6 Å². The Bertz CT molecular complexity index is 444. The first-order valence-corrected chi connectivity index (χ1v) is 5.53. The summed E-state index contributed by atoms with van der Waals surface area (Å²) in [6, 6.07) is 1.95. The van der Waals surface area contributed by atoms with Gasteiger partial charge < -0.3 is 9.84 Å². The SMILES string of the molecule is COCC(O)Cc1ncnc2ccsc12. The summed E-state index contributed by atoms with van der Waals surface area (Å²) >= 11 is 1.60. The summed E-state index contributed by atoms with van der Waals surface area (Å²) in [5, 5.41) is 11.6. The van der Waals surface area contributed by atoms with Gasteiger partial charge in [0.1, 0.15) is 6.33 Å². The van der Waals surface area contributed by atoms with Crippen LogP contribution in [0.4, 0.5) is 0 Å². The van der Waals surface area contributed by atoms with Gasteiger partial charge in [-0.25, -0.2) is 9.97 Å². The predicted molar refractivity (Wildman–Crippen MR) is 59.0 cm³/mol. The van der Waals surface area contributed by atoms with E-state index in [0.717, 1.165) is 15.9 Å². The van der Waals surface area contributed by atoms with Crippen LogP contribution in [0, 0.1) is 0 Å². The van der Waals surface area contributed by atoms with Crippen molar-refractivity contribution in [1.82, 2.24) is 9.97 Å². The number of methoxy groups -OCH3 is 1. The van der Waals surface area contributed by atoms with E-state index in [9.17, 15) is 5.11 Å². The van der Waals surface area contributed by atoms with Crippen LogP contribution in [0.25, 0.3) is 10.2 Å². The summed E-state index contributed by atoms with van der Waals surface area (Å²) in [6.45, 7) is 0.330. The maximum atomic E-state index is 9.62. The monoisotopic (exact) mass is 224 g/mol. The molecule has 0 aliphatic carbocycles. The van der Waals surface area contributed by atoms with Crippen molar-refractivity contribution in [3.05, 3.63) is 23.5 Å². The van der Waals surface area contributed by atoms with Crippen LogP contribution in [0.5, 0.6) is 0 Å². The van der Waals surface area contributed by atoms with Crippen molar-refractivity contribution in [2.45, 2.75) is 12.5 Å². The molecule has 1 atom stereocenters. The van der Waals surface area contributed by atoms with E-state index < -0.39 is 6.10 Å². The second-order valence-corrected chi connectivity index (χ2v) is 4.18. The van der Waals surface area contributed by atoms with E-state index >= 15 is 0 Å². The molecular weight excluding hydrogens is 212 g/mol. The standard InChI is InChI=1S/C10H12N2O2S/c1-14-5-7(13)4-9-10-8(2-3-15-10)11-6-12-9/h2-3,6-7,13H,4-5H2,1H3. The molecule has 0 radical (unpaired) electrons.